The third-order valence-corrected chi connectivity index (χ3v) is 2.72. The lowest BCUT2D eigenvalue weighted by Gasteiger charge is -2.21. The first-order chi connectivity index (χ1) is 8.10. The second kappa shape index (κ2) is 6.40. The fraction of sp³-hybridized carbons (Fsp3) is 0.429. The zero-order chi connectivity index (χ0) is 12.8. The summed E-state index contributed by atoms with van der Waals surface area (Å²) in [5.74, 6) is 0.339. The van der Waals surface area contributed by atoms with Gasteiger partial charge in [0.2, 0.25) is 0 Å². The molecule has 1 aromatic carbocycles. The maximum atomic E-state index is 13.8. The van der Waals surface area contributed by atoms with Gasteiger partial charge in [0.15, 0.2) is 0 Å². The van der Waals surface area contributed by atoms with E-state index in [1.165, 1.54) is 6.07 Å². The molecule has 0 amide bonds. The van der Waals surface area contributed by atoms with Gasteiger partial charge in [-0.05, 0) is 32.4 Å². The van der Waals surface area contributed by atoms with Gasteiger partial charge in [-0.15, -0.1) is 6.58 Å². The Labute approximate surface area is 102 Å². The van der Waals surface area contributed by atoms with E-state index in [1.54, 1.807) is 19.2 Å². The molecule has 2 atom stereocenters. The summed E-state index contributed by atoms with van der Waals surface area (Å²) in [6, 6.07) is 5.04. The van der Waals surface area contributed by atoms with Crippen molar-refractivity contribution in [1.29, 1.82) is 0 Å². The van der Waals surface area contributed by atoms with Gasteiger partial charge in [-0.25, -0.2) is 4.39 Å². The molecule has 0 aliphatic heterocycles. The van der Waals surface area contributed by atoms with Gasteiger partial charge in [0.05, 0.1) is 7.11 Å². The van der Waals surface area contributed by atoms with Gasteiger partial charge in [-0.2, -0.15) is 0 Å². The average molecular weight is 237 g/mol. The molecule has 3 heteroatoms. The highest BCUT2D eigenvalue weighted by Crippen LogP contribution is 2.27. The molecule has 0 saturated carbocycles. The molecule has 1 rings (SSSR count). The van der Waals surface area contributed by atoms with Crippen LogP contribution in [-0.4, -0.2) is 13.2 Å². The number of hydrogen-bond acceptors (Lipinski definition) is 2. The van der Waals surface area contributed by atoms with Crippen LogP contribution in [0.15, 0.2) is 30.9 Å². The zero-order valence-electron chi connectivity index (χ0n) is 10.7. The minimum absolute atomic E-state index is 0.0962. The number of methoxy groups -OCH3 is 1. The van der Waals surface area contributed by atoms with Gasteiger partial charge in [-0.3, -0.25) is 0 Å². The van der Waals surface area contributed by atoms with Gasteiger partial charge >= 0.3 is 0 Å². The van der Waals surface area contributed by atoms with E-state index in [9.17, 15) is 4.39 Å². The van der Waals surface area contributed by atoms with Crippen LogP contribution in [-0.2, 0) is 0 Å². The fourth-order valence-electron chi connectivity index (χ4n) is 1.94. The summed E-state index contributed by atoms with van der Waals surface area (Å²) >= 11 is 0. The smallest absolute Gasteiger partial charge is 0.131 e. The van der Waals surface area contributed by atoms with Crippen LogP contribution >= 0.6 is 0 Å². The highest BCUT2D eigenvalue weighted by molar-refractivity contribution is 5.36. The number of nitrogens with one attached hydrogen (secondary N) is 1. The Morgan fingerprint density at radius 2 is 2.18 bits per heavy atom. The van der Waals surface area contributed by atoms with Gasteiger partial charge in [0.1, 0.15) is 11.6 Å². The van der Waals surface area contributed by atoms with E-state index in [0.717, 1.165) is 6.42 Å². The fourth-order valence-corrected chi connectivity index (χ4v) is 1.94. The first-order valence-electron chi connectivity index (χ1n) is 5.79. The first-order valence-corrected chi connectivity index (χ1v) is 5.79. The van der Waals surface area contributed by atoms with Crippen LogP contribution in [0.3, 0.4) is 0 Å². The van der Waals surface area contributed by atoms with E-state index in [0.29, 0.717) is 11.3 Å². The van der Waals surface area contributed by atoms with Crippen molar-refractivity contribution in [2.24, 2.45) is 0 Å². The van der Waals surface area contributed by atoms with Crippen molar-refractivity contribution < 1.29 is 9.13 Å². The number of ether oxygens (including phenoxy) is 1. The van der Waals surface area contributed by atoms with Crippen molar-refractivity contribution in [2.45, 2.75) is 32.4 Å². The Hall–Kier alpha value is -1.35. The minimum atomic E-state index is -0.241. The van der Waals surface area contributed by atoms with E-state index in [1.807, 2.05) is 19.9 Å². The molecule has 0 aliphatic carbocycles. The molecule has 0 saturated heterocycles. The maximum absolute atomic E-state index is 13.8. The summed E-state index contributed by atoms with van der Waals surface area (Å²) in [6.45, 7) is 7.67. The Kier molecular flexibility index (Phi) is 5.16. The lowest BCUT2D eigenvalue weighted by molar-refractivity contribution is 0.386. The monoisotopic (exact) mass is 237 g/mol. The van der Waals surface area contributed by atoms with Gasteiger partial charge in [0, 0.05) is 17.6 Å². The van der Waals surface area contributed by atoms with E-state index in [2.05, 4.69) is 11.9 Å². The molecule has 94 valence electrons. The molecule has 0 aliphatic rings. The lowest BCUT2D eigenvalue weighted by Crippen LogP contribution is -2.29. The largest absolute Gasteiger partial charge is 0.496 e. The SMILES string of the molecule is C=CCC(C)NC(C)c1c(F)cccc1OC. The molecule has 0 spiro atoms. The van der Waals surface area contributed by atoms with Crippen LogP contribution in [0.1, 0.15) is 31.9 Å². The van der Waals surface area contributed by atoms with Crippen molar-refractivity contribution in [3.63, 3.8) is 0 Å². The summed E-state index contributed by atoms with van der Waals surface area (Å²) in [5.41, 5.74) is 0.575. The van der Waals surface area contributed by atoms with Gasteiger partial charge in [-0.1, -0.05) is 12.1 Å². The van der Waals surface area contributed by atoms with Crippen molar-refractivity contribution >= 4 is 0 Å². The summed E-state index contributed by atoms with van der Waals surface area (Å²) < 4.78 is 19.0. The Morgan fingerprint density at radius 3 is 2.76 bits per heavy atom. The highest BCUT2D eigenvalue weighted by Gasteiger charge is 2.17. The van der Waals surface area contributed by atoms with Crippen LogP contribution in [0.5, 0.6) is 5.75 Å². The van der Waals surface area contributed by atoms with Crippen LogP contribution in [0.2, 0.25) is 0 Å². The summed E-state index contributed by atoms with van der Waals surface area (Å²) in [7, 11) is 1.55. The molecular formula is C14H20FNO. The van der Waals surface area contributed by atoms with Gasteiger partial charge < -0.3 is 10.1 Å². The van der Waals surface area contributed by atoms with Crippen LogP contribution < -0.4 is 10.1 Å². The first kappa shape index (κ1) is 13.7. The standard InChI is InChI=1S/C14H20FNO/c1-5-7-10(2)16-11(3)14-12(15)8-6-9-13(14)17-4/h5-6,8-11,16H,1,7H2,2-4H3. The number of halogens is 1. The molecule has 17 heavy (non-hydrogen) atoms. The van der Waals surface area contributed by atoms with E-state index >= 15 is 0 Å². The molecule has 2 nitrogen and oxygen atoms in total. The summed E-state index contributed by atoms with van der Waals surface area (Å²) in [5, 5.41) is 3.32. The quantitative estimate of drug-likeness (QED) is 0.765. The Morgan fingerprint density at radius 1 is 1.47 bits per heavy atom. The van der Waals surface area contributed by atoms with Crippen LogP contribution in [0.25, 0.3) is 0 Å². The van der Waals surface area contributed by atoms with Gasteiger partial charge in [0.25, 0.3) is 0 Å². The Balaban J connectivity index is 2.87. The predicted octanol–water partition coefficient (Wildman–Crippen LogP) is 3.45. The van der Waals surface area contributed by atoms with Crippen LogP contribution in [0.4, 0.5) is 4.39 Å². The average Bonchev–Trinajstić information content (AvgIpc) is 2.28. The van der Waals surface area contributed by atoms with Crippen LogP contribution in [0, 0.1) is 5.82 Å². The molecule has 0 heterocycles. The lowest BCUT2D eigenvalue weighted by atomic mass is 10.0. The van der Waals surface area contributed by atoms with Crippen molar-refractivity contribution in [1.82, 2.24) is 5.32 Å². The number of rotatable bonds is 6. The van der Waals surface area contributed by atoms with E-state index in [-0.39, 0.29) is 17.9 Å². The van der Waals surface area contributed by atoms with Crippen molar-refractivity contribution in [3.05, 3.63) is 42.2 Å². The third-order valence-electron chi connectivity index (χ3n) is 2.72. The summed E-state index contributed by atoms with van der Waals surface area (Å²) in [4.78, 5) is 0. The Bertz CT molecular complexity index is 378. The molecule has 1 N–H and O–H groups in total. The van der Waals surface area contributed by atoms with Crippen molar-refractivity contribution in [3.8, 4) is 5.75 Å². The minimum Gasteiger partial charge on any atom is -0.496 e. The highest BCUT2D eigenvalue weighted by atomic mass is 19.1. The second-order valence-electron chi connectivity index (χ2n) is 4.17. The molecule has 1 aromatic rings. The summed E-state index contributed by atoms with van der Waals surface area (Å²) in [6.07, 6.45) is 2.70. The third kappa shape index (κ3) is 3.56. The molecular weight excluding hydrogens is 217 g/mol. The van der Waals surface area contributed by atoms with Crippen molar-refractivity contribution in [2.75, 3.05) is 7.11 Å². The molecule has 0 radical (unpaired) electrons. The topological polar surface area (TPSA) is 21.3 Å². The predicted molar refractivity (Wildman–Crippen MR) is 68.8 cm³/mol. The zero-order valence-corrected chi connectivity index (χ0v) is 10.7. The van der Waals surface area contributed by atoms with E-state index < -0.39 is 0 Å². The maximum Gasteiger partial charge on any atom is 0.131 e. The second-order valence-corrected chi connectivity index (χ2v) is 4.17. The molecule has 2 unspecified atom stereocenters. The molecule has 0 fully saturated rings. The molecule has 0 bridgehead atoms. The molecule has 0 aromatic heterocycles. The number of benzene rings is 1. The number of hydrogen-bond donors (Lipinski definition) is 1. The normalized spacial score (nSPS) is 14.1. The van der Waals surface area contributed by atoms with E-state index in [4.69, 9.17) is 4.74 Å².